The van der Waals surface area contributed by atoms with Crippen molar-refractivity contribution in [3.05, 3.63) is 12.7 Å². The molecule has 0 fully saturated rings. The van der Waals surface area contributed by atoms with Crippen molar-refractivity contribution in [2.75, 3.05) is 0 Å². The Hall–Kier alpha value is -0.830. The van der Waals surface area contributed by atoms with Gasteiger partial charge in [-0.15, -0.1) is 6.58 Å². The maximum atomic E-state index is 11.5. The standard InChI is InChI=1S/C11H22N2O/c1-5-7-10(12)11(14)13-9(4)8(3)6-2/h5,8-10H,1,6-7,12H2,2-4H3,(H,13,14). The number of carbonyl (C=O) groups is 1. The van der Waals surface area contributed by atoms with Gasteiger partial charge in [0.15, 0.2) is 0 Å². The van der Waals surface area contributed by atoms with Gasteiger partial charge < -0.3 is 11.1 Å². The van der Waals surface area contributed by atoms with E-state index in [2.05, 4.69) is 25.7 Å². The summed E-state index contributed by atoms with van der Waals surface area (Å²) >= 11 is 0. The summed E-state index contributed by atoms with van der Waals surface area (Å²) in [5.41, 5.74) is 5.63. The Morgan fingerprint density at radius 1 is 1.57 bits per heavy atom. The van der Waals surface area contributed by atoms with E-state index in [1.165, 1.54) is 0 Å². The fourth-order valence-electron chi connectivity index (χ4n) is 1.11. The number of hydrogen-bond donors (Lipinski definition) is 2. The lowest BCUT2D eigenvalue weighted by molar-refractivity contribution is -0.123. The van der Waals surface area contributed by atoms with Crippen LogP contribution in [0.1, 0.15) is 33.6 Å². The van der Waals surface area contributed by atoms with Crippen LogP contribution in [-0.4, -0.2) is 18.0 Å². The molecule has 0 rings (SSSR count). The highest BCUT2D eigenvalue weighted by Gasteiger charge is 2.17. The number of carbonyl (C=O) groups excluding carboxylic acids is 1. The van der Waals surface area contributed by atoms with Crippen LogP contribution in [0.2, 0.25) is 0 Å². The minimum absolute atomic E-state index is 0.0855. The van der Waals surface area contributed by atoms with Crippen molar-refractivity contribution in [2.45, 2.75) is 45.7 Å². The van der Waals surface area contributed by atoms with E-state index in [0.29, 0.717) is 12.3 Å². The molecule has 0 saturated carbocycles. The molecule has 0 aromatic heterocycles. The quantitative estimate of drug-likeness (QED) is 0.634. The number of nitrogens with one attached hydrogen (secondary N) is 1. The third-order valence-corrected chi connectivity index (χ3v) is 2.62. The van der Waals surface area contributed by atoms with Crippen molar-refractivity contribution >= 4 is 5.91 Å². The minimum Gasteiger partial charge on any atom is -0.352 e. The summed E-state index contributed by atoms with van der Waals surface area (Å²) in [5.74, 6) is 0.396. The Morgan fingerprint density at radius 3 is 2.57 bits per heavy atom. The van der Waals surface area contributed by atoms with Gasteiger partial charge >= 0.3 is 0 Å². The molecule has 3 N–H and O–H groups in total. The van der Waals surface area contributed by atoms with Gasteiger partial charge in [0, 0.05) is 6.04 Å². The minimum atomic E-state index is -0.459. The molecule has 0 saturated heterocycles. The molecule has 0 aliphatic heterocycles. The van der Waals surface area contributed by atoms with E-state index in [4.69, 9.17) is 5.73 Å². The molecule has 3 atom stereocenters. The summed E-state index contributed by atoms with van der Waals surface area (Å²) in [4.78, 5) is 11.5. The summed E-state index contributed by atoms with van der Waals surface area (Å²) in [6, 6.07) is -0.276. The van der Waals surface area contributed by atoms with Crippen LogP contribution in [0.15, 0.2) is 12.7 Å². The average molecular weight is 198 g/mol. The Morgan fingerprint density at radius 2 is 2.14 bits per heavy atom. The lowest BCUT2D eigenvalue weighted by atomic mass is 10.0. The molecular weight excluding hydrogens is 176 g/mol. The first kappa shape index (κ1) is 13.2. The molecule has 0 heterocycles. The maximum absolute atomic E-state index is 11.5. The van der Waals surface area contributed by atoms with E-state index >= 15 is 0 Å². The van der Waals surface area contributed by atoms with Gasteiger partial charge in [0.25, 0.3) is 0 Å². The van der Waals surface area contributed by atoms with Gasteiger partial charge in [0.2, 0.25) is 5.91 Å². The van der Waals surface area contributed by atoms with Crippen LogP contribution in [0, 0.1) is 5.92 Å². The third kappa shape index (κ3) is 4.42. The predicted molar refractivity (Wildman–Crippen MR) is 59.8 cm³/mol. The molecule has 1 amide bonds. The summed E-state index contributed by atoms with van der Waals surface area (Å²) in [7, 11) is 0. The van der Waals surface area contributed by atoms with Crippen molar-refractivity contribution in [2.24, 2.45) is 11.7 Å². The Kier molecular flexibility index (Phi) is 6.21. The van der Waals surface area contributed by atoms with Crippen LogP contribution in [0.4, 0.5) is 0 Å². The fourth-order valence-corrected chi connectivity index (χ4v) is 1.11. The van der Waals surface area contributed by atoms with E-state index < -0.39 is 6.04 Å². The molecule has 3 nitrogen and oxygen atoms in total. The van der Waals surface area contributed by atoms with E-state index in [-0.39, 0.29) is 11.9 Å². The van der Waals surface area contributed by atoms with Gasteiger partial charge in [-0.3, -0.25) is 4.79 Å². The SMILES string of the molecule is C=CCC(N)C(=O)NC(C)C(C)CC. The second kappa shape index (κ2) is 6.60. The molecule has 0 radical (unpaired) electrons. The number of rotatable bonds is 6. The molecule has 0 aromatic carbocycles. The molecule has 0 spiro atoms. The third-order valence-electron chi connectivity index (χ3n) is 2.62. The summed E-state index contributed by atoms with van der Waals surface area (Å²) < 4.78 is 0. The van der Waals surface area contributed by atoms with E-state index in [1.807, 2.05) is 6.92 Å². The van der Waals surface area contributed by atoms with Gasteiger partial charge in [-0.05, 0) is 19.3 Å². The first-order valence-corrected chi connectivity index (χ1v) is 5.19. The van der Waals surface area contributed by atoms with Crippen molar-refractivity contribution in [1.29, 1.82) is 0 Å². The lowest BCUT2D eigenvalue weighted by Gasteiger charge is -2.21. The largest absolute Gasteiger partial charge is 0.352 e. The summed E-state index contributed by atoms with van der Waals surface area (Å²) in [5, 5.41) is 2.90. The Balaban J connectivity index is 3.98. The normalized spacial score (nSPS) is 16.9. The van der Waals surface area contributed by atoms with Crippen molar-refractivity contribution in [3.8, 4) is 0 Å². The average Bonchev–Trinajstić information content (AvgIpc) is 2.16. The van der Waals surface area contributed by atoms with E-state index in [9.17, 15) is 4.79 Å². The Bertz CT molecular complexity index is 192. The highest BCUT2D eigenvalue weighted by molar-refractivity contribution is 5.81. The van der Waals surface area contributed by atoms with Crippen LogP contribution in [0.25, 0.3) is 0 Å². The molecule has 0 aliphatic rings. The van der Waals surface area contributed by atoms with Crippen molar-refractivity contribution in [1.82, 2.24) is 5.32 Å². The predicted octanol–water partition coefficient (Wildman–Crippen LogP) is 1.44. The smallest absolute Gasteiger partial charge is 0.237 e. The topological polar surface area (TPSA) is 55.1 Å². The molecule has 82 valence electrons. The highest BCUT2D eigenvalue weighted by Crippen LogP contribution is 2.06. The van der Waals surface area contributed by atoms with Crippen LogP contribution in [0.5, 0.6) is 0 Å². The molecule has 0 aromatic rings. The summed E-state index contributed by atoms with van der Waals surface area (Å²) in [6.45, 7) is 9.78. The van der Waals surface area contributed by atoms with Crippen molar-refractivity contribution < 1.29 is 4.79 Å². The number of hydrogen-bond acceptors (Lipinski definition) is 2. The zero-order valence-corrected chi connectivity index (χ0v) is 9.42. The van der Waals surface area contributed by atoms with E-state index in [1.54, 1.807) is 6.08 Å². The van der Waals surface area contributed by atoms with Crippen LogP contribution >= 0.6 is 0 Å². The Labute approximate surface area is 86.8 Å². The fraction of sp³-hybridized carbons (Fsp3) is 0.727. The van der Waals surface area contributed by atoms with Crippen LogP contribution in [0.3, 0.4) is 0 Å². The van der Waals surface area contributed by atoms with Crippen LogP contribution < -0.4 is 11.1 Å². The van der Waals surface area contributed by atoms with Gasteiger partial charge in [-0.1, -0.05) is 26.3 Å². The van der Waals surface area contributed by atoms with Crippen molar-refractivity contribution in [3.63, 3.8) is 0 Å². The second-order valence-corrected chi connectivity index (χ2v) is 3.81. The molecule has 3 unspecified atom stereocenters. The van der Waals surface area contributed by atoms with Gasteiger partial charge in [0.1, 0.15) is 0 Å². The molecular formula is C11H22N2O. The first-order chi connectivity index (χ1) is 6.52. The number of amides is 1. The zero-order valence-electron chi connectivity index (χ0n) is 9.42. The molecule has 0 bridgehead atoms. The molecule has 0 aliphatic carbocycles. The molecule has 14 heavy (non-hydrogen) atoms. The summed E-state index contributed by atoms with van der Waals surface area (Å²) in [6.07, 6.45) is 3.25. The monoisotopic (exact) mass is 198 g/mol. The second-order valence-electron chi connectivity index (χ2n) is 3.81. The lowest BCUT2D eigenvalue weighted by Crippen LogP contribution is -2.46. The van der Waals surface area contributed by atoms with Crippen LogP contribution in [-0.2, 0) is 4.79 Å². The zero-order chi connectivity index (χ0) is 11.1. The number of nitrogens with two attached hydrogens (primary N) is 1. The van der Waals surface area contributed by atoms with Gasteiger partial charge in [-0.25, -0.2) is 0 Å². The first-order valence-electron chi connectivity index (χ1n) is 5.19. The highest BCUT2D eigenvalue weighted by atomic mass is 16.2. The van der Waals surface area contributed by atoms with Gasteiger partial charge in [0.05, 0.1) is 6.04 Å². The van der Waals surface area contributed by atoms with E-state index in [0.717, 1.165) is 6.42 Å². The maximum Gasteiger partial charge on any atom is 0.237 e. The molecule has 3 heteroatoms. The van der Waals surface area contributed by atoms with Gasteiger partial charge in [-0.2, -0.15) is 0 Å².